The number of rotatable bonds is 4. The van der Waals surface area contributed by atoms with Crippen LogP contribution in [0.3, 0.4) is 0 Å². The highest BCUT2D eigenvalue weighted by Gasteiger charge is 2.21. The van der Waals surface area contributed by atoms with Gasteiger partial charge in [-0.3, -0.25) is 4.79 Å². The molecule has 6 heteroatoms. The van der Waals surface area contributed by atoms with E-state index in [-0.39, 0.29) is 11.8 Å². The highest BCUT2D eigenvalue weighted by atomic mass is 35.5. The average molecular weight is 320 g/mol. The van der Waals surface area contributed by atoms with Crippen molar-refractivity contribution in [1.29, 1.82) is 0 Å². The molecule has 0 spiro atoms. The molecule has 1 aromatic heterocycles. The monoisotopic (exact) mass is 319 g/mol. The molecule has 5 nitrogen and oxygen atoms in total. The zero-order valence-electron chi connectivity index (χ0n) is 12.1. The summed E-state index contributed by atoms with van der Waals surface area (Å²) in [4.78, 5) is 16.4. The van der Waals surface area contributed by atoms with Crippen LogP contribution in [0, 0.1) is 0 Å². The minimum absolute atomic E-state index is 0.237. The highest BCUT2D eigenvalue weighted by Crippen LogP contribution is 2.22. The van der Waals surface area contributed by atoms with E-state index < -0.39 is 0 Å². The normalized spacial score (nSPS) is 18.1. The Bertz CT molecular complexity index is 650. The van der Waals surface area contributed by atoms with E-state index >= 15 is 0 Å². The van der Waals surface area contributed by atoms with E-state index in [1.807, 2.05) is 18.2 Å². The third kappa shape index (κ3) is 3.67. The SMILES string of the molecule is O=C(NCc1cccc(Cl)c1)c1coc(C2CCCNC2)n1. The number of amides is 1. The van der Waals surface area contributed by atoms with Gasteiger partial charge in [-0.15, -0.1) is 0 Å². The third-order valence-corrected chi connectivity index (χ3v) is 3.98. The van der Waals surface area contributed by atoms with Gasteiger partial charge in [0.1, 0.15) is 6.26 Å². The molecule has 1 aliphatic heterocycles. The molecule has 2 heterocycles. The van der Waals surface area contributed by atoms with Crippen molar-refractivity contribution in [2.75, 3.05) is 13.1 Å². The first-order valence-corrected chi connectivity index (χ1v) is 7.79. The van der Waals surface area contributed by atoms with Gasteiger partial charge in [-0.25, -0.2) is 4.98 Å². The first-order chi connectivity index (χ1) is 10.7. The fourth-order valence-corrected chi connectivity index (χ4v) is 2.77. The van der Waals surface area contributed by atoms with E-state index in [9.17, 15) is 4.79 Å². The molecule has 1 atom stereocenters. The van der Waals surface area contributed by atoms with Crippen molar-refractivity contribution in [2.45, 2.75) is 25.3 Å². The Labute approximate surface area is 134 Å². The number of nitrogens with zero attached hydrogens (tertiary/aromatic N) is 1. The molecule has 3 rings (SSSR count). The minimum Gasteiger partial charge on any atom is -0.448 e. The van der Waals surface area contributed by atoms with Crippen LogP contribution in [0.2, 0.25) is 5.02 Å². The number of aromatic nitrogens is 1. The van der Waals surface area contributed by atoms with Crippen molar-refractivity contribution in [3.8, 4) is 0 Å². The maximum absolute atomic E-state index is 12.1. The number of piperidine rings is 1. The van der Waals surface area contributed by atoms with Crippen LogP contribution in [-0.2, 0) is 6.54 Å². The Kier molecular flexibility index (Phi) is 4.75. The number of hydrogen-bond acceptors (Lipinski definition) is 4. The molecule has 22 heavy (non-hydrogen) atoms. The van der Waals surface area contributed by atoms with Gasteiger partial charge in [0, 0.05) is 24.0 Å². The maximum atomic E-state index is 12.1. The highest BCUT2D eigenvalue weighted by molar-refractivity contribution is 6.30. The Balaban J connectivity index is 1.59. The van der Waals surface area contributed by atoms with Crippen LogP contribution >= 0.6 is 11.6 Å². The average Bonchev–Trinajstić information content (AvgIpc) is 3.04. The van der Waals surface area contributed by atoms with Gasteiger partial charge in [-0.2, -0.15) is 0 Å². The summed E-state index contributed by atoms with van der Waals surface area (Å²) in [6.45, 7) is 2.29. The lowest BCUT2D eigenvalue weighted by Gasteiger charge is -2.19. The molecule has 1 unspecified atom stereocenters. The number of benzene rings is 1. The van der Waals surface area contributed by atoms with Crippen LogP contribution in [0.4, 0.5) is 0 Å². The molecule has 0 radical (unpaired) electrons. The second-order valence-corrected chi connectivity index (χ2v) is 5.86. The lowest BCUT2D eigenvalue weighted by atomic mass is 10.00. The van der Waals surface area contributed by atoms with E-state index in [0.717, 1.165) is 31.5 Å². The topological polar surface area (TPSA) is 67.2 Å². The number of halogens is 1. The summed E-state index contributed by atoms with van der Waals surface area (Å²) in [7, 11) is 0. The van der Waals surface area contributed by atoms with Gasteiger partial charge in [0.2, 0.25) is 0 Å². The summed E-state index contributed by atoms with van der Waals surface area (Å²) in [5.74, 6) is 0.655. The first kappa shape index (κ1) is 15.1. The molecule has 1 saturated heterocycles. The van der Waals surface area contributed by atoms with Crippen LogP contribution < -0.4 is 10.6 Å². The fraction of sp³-hybridized carbons (Fsp3) is 0.375. The van der Waals surface area contributed by atoms with E-state index in [2.05, 4.69) is 15.6 Å². The second kappa shape index (κ2) is 6.94. The Morgan fingerprint density at radius 2 is 2.41 bits per heavy atom. The second-order valence-electron chi connectivity index (χ2n) is 5.43. The number of hydrogen-bond donors (Lipinski definition) is 2. The Hall–Kier alpha value is -1.85. The Morgan fingerprint density at radius 3 is 3.18 bits per heavy atom. The van der Waals surface area contributed by atoms with Crippen LogP contribution in [-0.4, -0.2) is 24.0 Å². The smallest absolute Gasteiger partial charge is 0.273 e. The molecule has 0 bridgehead atoms. The predicted octanol–water partition coefficient (Wildman–Crippen LogP) is 2.73. The van der Waals surface area contributed by atoms with Crippen LogP contribution in [0.25, 0.3) is 0 Å². The number of oxazole rings is 1. The fourth-order valence-electron chi connectivity index (χ4n) is 2.56. The van der Waals surface area contributed by atoms with Crippen molar-refractivity contribution in [3.05, 3.63) is 52.7 Å². The molecule has 2 N–H and O–H groups in total. The van der Waals surface area contributed by atoms with E-state index in [1.54, 1.807) is 6.07 Å². The van der Waals surface area contributed by atoms with Gasteiger partial charge in [0.05, 0.1) is 0 Å². The van der Waals surface area contributed by atoms with Crippen molar-refractivity contribution in [1.82, 2.24) is 15.6 Å². The summed E-state index contributed by atoms with van der Waals surface area (Å²) < 4.78 is 5.46. The number of carbonyl (C=O) groups is 1. The molecule has 1 fully saturated rings. The van der Waals surface area contributed by atoms with Gasteiger partial charge >= 0.3 is 0 Å². The molecular formula is C16H18ClN3O2. The summed E-state index contributed by atoms with van der Waals surface area (Å²) >= 11 is 5.92. The summed E-state index contributed by atoms with van der Waals surface area (Å²) in [6.07, 6.45) is 3.57. The quantitative estimate of drug-likeness (QED) is 0.909. The van der Waals surface area contributed by atoms with Crippen molar-refractivity contribution >= 4 is 17.5 Å². The van der Waals surface area contributed by atoms with Crippen LogP contribution in [0.1, 0.15) is 40.7 Å². The van der Waals surface area contributed by atoms with Crippen molar-refractivity contribution < 1.29 is 9.21 Å². The lowest BCUT2D eigenvalue weighted by Crippen LogP contribution is -2.28. The first-order valence-electron chi connectivity index (χ1n) is 7.41. The molecular weight excluding hydrogens is 302 g/mol. The molecule has 1 aliphatic rings. The third-order valence-electron chi connectivity index (χ3n) is 3.74. The summed E-state index contributed by atoms with van der Waals surface area (Å²) in [6, 6.07) is 7.39. The lowest BCUT2D eigenvalue weighted by molar-refractivity contribution is 0.0946. The minimum atomic E-state index is -0.237. The summed E-state index contributed by atoms with van der Waals surface area (Å²) in [5, 5.41) is 6.79. The standard InChI is InChI=1S/C16H18ClN3O2/c17-13-5-1-3-11(7-13)8-19-15(21)14-10-22-16(20-14)12-4-2-6-18-9-12/h1,3,5,7,10,12,18H,2,4,6,8-9H2,(H,19,21). The van der Waals surface area contributed by atoms with Gasteiger partial charge in [0.25, 0.3) is 5.91 Å². The van der Waals surface area contributed by atoms with E-state index in [4.69, 9.17) is 16.0 Å². The van der Waals surface area contributed by atoms with Gasteiger partial charge in [-0.1, -0.05) is 23.7 Å². The van der Waals surface area contributed by atoms with Crippen LogP contribution in [0.5, 0.6) is 0 Å². The molecule has 2 aromatic rings. The predicted molar refractivity (Wildman–Crippen MR) is 84.0 cm³/mol. The zero-order chi connectivity index (χ0) is 15.4. The van der Waals surface area contributed by atoms with Crippen LogP contribution in [0.15, 0.2) is 34.9 Å². The molecule has 116 valence electrons. The van der Waals surface area contributed by atoms with Crippen molar-refractivity contribution in [2.24, 2.45) is 0 Å². The zero-order valence-corrected chi connectivity index (χ0v) is 12.9. The van der Waals surface area contributed by atoms with Gasteiger partial charge < -0.3 is 15.1 Å². The van der Waals surface area contributed by atoms with Crippen molar-refractivity contribution in [3.63, 3.8) is 0 Å². The van der Waals surface area contributed by atoms with E-state index in [0.29, 0.717) is 23.2 Å². The van der Waals surface area contributed by atoms with E-state index in [1.165, 1.54) is 6.26 Å². The maximum Gasteiger partial charge on any atom is 0.273 e. The number of nitrogens with one attached hydrogen (secondary N) is 2. The Morgan fingerprint density at radius 1 is 1.50 bits per heavy atom. The van der Waals surface area contributed by atoms with Gasteiger partial charge in [0.15, 0.2) is 11.6 Å². The summed E-state index contributed by atoms with van der Waals surface area (Å²) in [5.41, 5.74) is 1.27. The molecule has 1 amide bonds. The molecule has 0 saturated carbocycles. The molecule has 1 aromatic carbocycles. The largest absolute Gasteiger partial charge is 0.448 e. The number of carbonyl (C=O) groups excluding carboxylic acids is 1. The molecule has 0 aliphatic carbocycles. The van der Waals surface area contributed by atoms with Gasteiger partial charge in [-0.05, 0) is 37.1 Å².